The van der Waals surface area contributed by atoms with E-state index in [1.807, 2.05) is 12.1 Å². The summed E-state index contributed by atoms with van der Waals surface area (Å²) in [6, 6.07) is 32.2. The molecule has 186 valence electrons. The summed E-state index contributed by atoms with van der Waals surface area (Å²) in [5, 5.41) is 3.70. The van der Waals surface area contributed by atoms with E-state index >= 15 is 0 Å². The van der Waals surface area contributed by atoms with Gasteiger partial charge in [-0.15, -0.1) is 11.3 Å². The van der Waals surface area contributed by atoms with Crippen LogP contribution < -0.4 is 4.74 Å². The van der Waals surface area contributed by atoms with Gasteiger partial charge in [-0.25, -0.2) is 4.98 Å². The molecule has 37 heavy (non-hydrogen) atoms. The van der Waals surface area contributed by atoms with Crippen molar-refractivity contribution in [2.24, 2.45) is 0 Å². The predicted octanol–water partition coefficient (Wildman–Crippen LogP) is 8.27. The van der Waals surface area contributed by atoms with Crippen molar-refractivity contribution in [3.63, 3.8) is 0 Å². The van der Waals surface area contributed by atoms with Crippen LogP contribution in [0.25, 0.3) is 33.1 Å². The van der Waals surface area contributed by atoms with Crippen LogP contribution in [0.15, 0.2) is 91.0 Å². The Bertz CT molecular complexity index is 1480. The molecule has 5 aromatic rings. The average molecular weight is 505 g/mol. The number of rotatable bonds is 8. The van der Waals surface area contributed by atoms with Gasteiger partial charge in [-0.1, -0.05) is 72.8 Å². The molecule has 4 aromatic carbocycles. The van der Waals surface area contributed by atoms with Crippen molar-refractivity contribution in [1.29, 1.82) is 0 Å². The molecule has 3 nitrogen and oxygen atoms in total. The minimum Gasteiger partial charge on any atom is -0.493 e. The third-order valence-electron chi connectivity index (χ3n) is 7.34. The standard InChI is InChI=1S/C33H32N2OS/c1-2-10-28-24-29(15-14-25(28)8-1)26-18-21-35(22-19-26)20-7-23-36-31-12-5-3-9-27(31)16-17-33-34-30-11-4-6-13-32(30)37-33/h1-6,8-17,24,26H,7,18-23H2/b17-16+. The van der Waals surface area contributed by atoms with Gasteiger partial charge in [0.1, 0.15) is 10.8 Å². The lowest BCUT2D eigenvalue weighted by atomic mass is 9.88. The molecule has 2 heterocycles. The highest BCUT2D eigenvalue weighted by Crippen LogP contribution is 2.30. The SMILES string of the molecule is C(=C\c1ccccc1OCCCN1CCC(c2ccc3ccccc3c2)CC1)/c1nc2ccccc2s1. The van der Waals surface area contributed by atoms with Crippen molar-refractivity contribution < 1.29 is 4.74 Å². The van der Waals surface area contributed by atoms with E-state index in [1.165, 1.54) is 47.0 Å². The third-order valence-corrected chi connectivity index (χ3v) is 8.35. The lowest BCUT2D eigenvalue weighted by Gasteiger charge is -2.32. The number of fused-ring (bicyclic) bond motifs is 2. The molecule has 4 heteroatoms. The number of hydrogen-bond donors (Lipinski definition) is 0. The van der Waals surface area contributed by atoms with Gasteiger partial charge in [0.05, 0.1) is 16.8 Å². The molecular weight excluding hydrogens is 472 g/mol. The van der Waals surface area contributed by atoms with Crippen LogP contribution in [0.1, 0.15) is 41.3 Å². The number of nitrogens with zero attached hydrogens (tertiary/aromatic N) is 2. The maximum atomic E-state index is 6.21. The van der Waals surface area contributed by atoms with Crippen LogP contribution in [0.5, 0.6) is 5.75 Å². The van der Waals surface area contributed by atoms with Crippen molar-refractivity contribution in [3.8, 4) is 5.75 Å². The molecule has 1 saturated heterocycles. The zero-order valence-electron chi connectivity index (χ0n) is 21.1. The Morgan fingerprint density at radius 2 is 1.62 bits per heavy atom. The van der Waals surface area contributed by atoms with E-state index in [-0.39, 0.29) is 0 Å². The Morgan fingerprint density at radius 3 is 2.51 bits per heavy atom. The fraction of sp³-hybridized carbons (Fsp3) is 0.242. The van der Waals surface area contributed by atoms with Crippen molar-refractivity contribution in [1.82, 2.24) is 9.88 Å². The molecule has 1 aliphatic heterocycles. The van der Waals surface area contributed by atoms with E-state index in [4.69, 9.17) is 9.72 Å². The molecule has 0 bridgehead atoms. The molecule has 1 aromatic heterocycles. The minimum absolute atomic E-state index is 0.672. The number of hydrogen-bond acceptors (Lipinski definition) is 4. The first-order chi connectivity index (χ1) is 18.3. The molecule has 0 spiro atoms. The van der Waals surface area contributed by atoms with E-state index in [1.54, 1.807) is 11.3 Å². The first-order valence-electron chi connectivity index (χ1n) is 13.3. The predicted molar refractivity (Wildman–Crippen MR) is 157 cm³/mol. The van der Waals surface area contributed by atoms with Crippen molar-refractivity contribution >= 4 is 44.5 Å². The summed E-state index contributed by atoms with van der Waals surface area (Å²) in [5.41, 5.74) is 3.65. The Morgan fingerprint density at radius 1 is 0.838 bits per heavy atom. The number of aromatic nitrogens is 1. The van der Waals surface area contributed by atoms with E-state index in [2.05, 4.69) is 95.9 Å². The van der Waals surface area contributed by atoms with Crippen molar-refractivity contribution in [2.75, 3.05) is 26.2 Å². The van der Waals surface area contributed by atoms with E-state index in [0.717, 1.165) is 41.4 Å². The van der Waals surface area contributed by atoms with E-state index in [0.29, 0.717) is 5.92 Å². The number of ether oxygens (including phenoxy) is 1. The van der Waals surface area contributed by atoms with Gasteiger partial charge in [-0.3, -0.25) is 0 Å². The van der Waals surface area contributed by atoms with Crippen LogP contribution >= 0.6 is 11.3 Å². The maximum Gasteiger partial charge on any atom is 0.126 e. The highest BCUT2D eigenvalue weighted by molar-refractivity contribution is 7.19. The second-order valence-corrected chi connectivity index (χ2v) is 10.9. The van der Waals surface area contributed by atoms with Gasteiger partial charge in [0.25, 0.3) is 0 Å². The molecule has 6 rings (SSSR count). The molecular formula is C33H32N2OS. The van der Waals surface area contributed by atoms with Gasteiger partial charge < -0.3 is 9.64 Å². The molecule has 0 atom stereocenters. The highest BCUT2D eigenvalue weighted by Gasteiger charge is 2.20. The van der Waals surface area contributed by atoms with Crippen LogP contribution in [-0.4, -0.2) is 36.1 Å². The fourth-order valence-electron chi connectivity index (χ4n) is 5.29. The normalized spacial score (nSPS) is 15.1. The molecule has 0 radical (unpaired) electrons. The lowest BCUT2D eigenvalue weighted by molar-refractivity contribution is 0.193. The van der Waals surface area contributed by atoms with Crippen LogP contribution in [-0.2, 0) is 0 Å². The Labute approximate surface area is 223 Å². The smallest absolute Gasteiger partial charge is 0.126 e. The summed E-state index contributed by atoms with van der Waals surface area (Å²) in [6.07, 6.45) is 7.71. The van der Waals surface area contributed by atoms with E-state index in [9.17, 15) is 0 Å². The van der Waals surface area contributed by atoms with Gasteiger partial charge in [-0.05, 0) is 85.0 Å². The van der Waals surface area contributed by atoms with Gasteiger partial charge in [0.2, 0.25) is 0 Å². The number of piperidine rings is 1. The second kappa shape index (κ2) is 11.3. The zero-order valence-corrected chi connectivity index (χ0v) is 21.9. The molecule has 0 aliphatic carbocycles. The first-order valence-corrected chi connectivity index (χ1v) is 14.1. The van der Waals surface area contributed by atoms with Crippen LogP contribution in [0.4, 0.5) is 0 Å². The first kappa shape index (κ1) is 23.9. The largest absolute Gasteiger partial charge is 0.493 e. The van der Waals surface area contributed by atoms with Crippen molar-refractivity contribution in [2.45, 2.75) is 25.2 Å². The number of benzene rings is 4. The summed E-state index contributed by atoms with van der Waals surface area (Å²) < 4.78 is 7.43. The summed E-state index contributed by atoms with van der Waals surface area (Å²) in [5.74, 6) is 1.61. The highest BCUT2D eigenvalue weighted by atomic mass is 32.1. The lowest BCUT2D eigenvalue weighted by Crippen LogP contribution is -2.34. The van der Waals surface area contributed by atoms with Gasteiger partial charge in [-0.2, -0.15) is 0 Å². The Balaban J connectivity index is 0.984. The van der Waals surface area contributed by atoms with Gasteiger partial charge in [0, 0.05) is 12.1 Å². The maximum absolute atomic E-state index is 6.21. The summed E-state index contributed by atoms with van der Waals surface area (Å²) in [4.78, 5) is 7.30. The number of likely N-dealkylation sites (tertiary alicyclic amines) is 1. The molecule has 1 aliphatic rings. The Hall–Kier alpha value is -3.47. The average Bonchev–Trinajstić information content (AvgIpc) is 3.38. The van der Waals surface area contributed by atoms with Gasteiger partial charge >= 0.3 is 0 Å². The van der Waals surface area contributed by atoms with Crippen molar-refractivity contribution in [3.05, 3.63) is 107 Å². The summed E-state index contributed by atoms with van der Waals surface area (Å²) in [7, 11) is 0. The third kappa shape index (κ3) is 5.76. The molecule has 1 fully saturated rings. The number of para-hydroxylation sites is 2. The molecule has 0 amide bonds. The minimum atomic E-state index is 0.672. The monoisotopic (exact) mass is 504 g/mol. The van der Waals surface area contributed by atoms with E-state index < -0.39 is 0 Å². The molecule has 0 N–H and O–H groups in total. The van der Waals surface area contributed by atoms with Crippen LogP contribution in [0, 0.1) is 0 Å². The van der Waals surface area contributed by atoms with Crippen LogP contribution in [0.3, 0.4) is 0 Å². The zero-order chi connectivity index (χ0) is 24.9. The topological polar surface area (TPSA) is 25.4 Å². The second-order valence-electron chi connectivity index (χ2n) is 9.82. The quantitative estimate of drug-likeness (QED) is 0.199. The summed E-state index contributed by atoms with van der Waals surface area (Å²) >= 11 is 1.71. The van der Waals surface area contributed by atoms with Gasteiger partial charge in [0.15, 0.2) is 0 Å². The fourth-order valence-corrected chi connectivity index (χ4v) is 6.16. The summed E-state index contributed by atoms with van der Waals surface area (Å²) in [6.45, 7) is 4.16. The van der Waals surface area contributed by atoms with Crippen LogP contribution in [0.2, 0.25) is 0 Å². The Kier molecular flexibility index (Phi) is 7.29. The number of thiazole rings is 1. The molecule has 0 unspecified atom stereocenters. The molecule has 0 saturated carbocycles.